The van der Waals surface area contributed by atoms with Crippen molar-refractivity contribution in [3.63, 3.8) is 0 Å². The number of para-hydroxylation sites is 1. The molecule has 0 saturated heterocycles. The molecule has 1 nitrogen and oxygen atoms in total. The smallest absolute Gasteiger partial charge is 0.0547 e. The van der Waals surface area contributed by atoms with Gasteiger partial charge in [0.2, 0.25) is 0 Å². The highest BCUT2D eigenvalue weighted by Crippen LogP contribution is 2.37. The van der Waals surface area contributed by atoms with Gasteiger partial charge in [0.05, 0.1) is 16.7 Å². The van der Waals surface area contributed by atoms with Crippen molar-refractivity contribution in [2.24, 2.45) is 0 Å². The summed E-state index contributed by atoms with van der Waals surface area (Å²) in [5.41, 5.74) is 3.69. The highest BCUT2D eigenvalue weighted by molar-refractivity contribution is 9.10. The average Bonchev–Trinajstić information content (AvgIpc) is 3.06. The molecule has 0 aliphatic rings. The fraction of sp³-hybridized carbons (Fsp3) is 0. The number of aromatic nitrogens is 1. The predicted octanol–water partition coefficient (Wildman–Crippen LogP) is 7.85. The third-order valence-electron chi connectivity index (χ3n) is 5.63. The molecular formula is C26H16BrN. The molecule has 0 unspecified atom stereocenters. The van der Waals surface area contributed by atoms with E-state index in [1.54, 1.807) is 0 Å². The Morgan fingerprint density at radius 3 is 1.96 bits per heavy atom. The third-order valence-corrected chi connectivity index (χ3v) is 6.32. The molecule has 2 heteroatoms. The fourth-order valence-corrected chi connectivity index (χ4v) is 4.83. The van der Waals surface area contributed by atoms with Crippen LogP contribution in [0.15, 0.2) is 102 Å². The van der Waals surface area contributed by atoms with Crippen LogP contribution in [0.25, 0.3) is 49.0 Å². The standard InChI is InChI=1S/C26H16BrN/c27-23-13-14-25(20-10-4-3-9-19(20)23)28-24-12-6-5-11-21(24)22-15-17-7-1-2-8-18(17)16-26(22)28/h1-16H. The van der Waals surface area contributed by atoms with E-state index in [-0.39, 0.29) is 0 Å². The van der Waals surface area contributed by atoms with Crippen LogP contribution in [-0.2, 0) is 0 Å². The van der Waals surface area contributed by atoms with Gasteiger partial charge in [-0.25, -0.2) is 0 Å². The molecule has 132 valence electrons. The quantitative estimate of drug-likeness (QED) is 0.254. The molecule has 0 N–H and O–H groups in total. The topological polar surface area (TPSA) is 4.93 Å². The van der Waals surface area contributed by atoms with Gasteiger partial charge in [-0.3, -0.25) is 0 Å². The number of fused-ring (bicyclic) bond motifs is 5. The van der Waals surface area contributed by atoms with Crippen molar-refractivity contribution < 1.29 is 0 Å². The monoisotopic (exact) mass is 421 g/mol. The van der Waals surface area contributed by atoms with Crippen LogP contribution in [0.2, 0.25) is 0 Å². The zero-order chi connectivity index (χ0) is 18.7. The van der Waals surface area contributed by atoms with Gasteiger partial charge in [0.15, 0.2) is 0 Å². The van der Waals surface area contributed by atoms with Crippen LogP contribution in [0.1, 0.15) is 0 Å². The molecule has 0 radical (unpaired) electrons. The molecule has 0 amide bonds. The number of rotatable bonds is 1. The Hall–Kier alpha value is -3.10. The van der Waals surface area contributed by atoms with Crippen molar-refractivity contribution >= 4 is 59.3 Å². The maximum Gasteiger partial charge on any atom is 0.0547 e. The van der Waals surface area contributed by atoms with E-state index in [0.717, 1.165) is 4.47 Å². The van der Waals surface area contributed by atoms with Crippen LogP contribution in [0.3, 0.4) is 0 Å². The van der Waals surface area contributed by atoms with E-state index in [1.807, 2.05) is 0 Å². The summed E-state index contributed by atoms with van der Waals surface area (Å²) < 4.78 is 3.53. The lowest BCUT2D eigenvalue weighted by molar-refractivity contribution is 1.20. The largest absolute Gasteiger partial charge is 0.309 e. The van der Waals surface area contributed by atoms with Crippen molar-refractivity contribution in [2.75, 3.05) is 0 Å². The second kappa shape index (κ2) is 5.95. The minimum absolute atomic E-state index is 1.12. The molecule has 28 heavy (non-hydrogen) atoms. The minimum Gasteiger partial charge on any atom is -0.309 e. The molecular weight excluding hydrogens is 406 g/mol. The first-order chi connectivity index (χ1) is 13.8. The van der Waals surface area contributed by atoms with Crippen molar-refractivity contribution in [3.8, 4) is 5.69 Å². The van der Waals surface area contributed by atoms with Crippen LogP contribution in [-0.4, -0.2) is 4.57 Å². The first-order valence-corrected chi connectivity index (χ1v) is 10.2. The molecule has 6 rings (SSSR count). The Kier molecular flexibility index (Phi) is 3.38. The van der Waals surface area contributed by atoms with E-state index in [1.165, 1.54) is 49.0 Å². The summed E-state index contributed by atoms with van der Waals surface area (Å²) in [7, 11) is 0. The molecule has 0 saturated carbocycles. The first kappa shape index (κ1) is 15.9. The minimum atomic E-state index is 1.12. The molecule has 0 fully saturated rings. The van der Waals surface area contributed by atoms with Gasteiger partial charge < -0.3 is 4.57 Å². The summed E-state index contributed by atoms with van der Waals surface area (Å²) in [5.74, 6) is 0. The van der Waals surface area contributed by atoms with E-state index >= 15 is 0 Å². The van der Waals surface area contributed by atoms with Crippen molar-refractivity contribution in [1.29, 1.82) is 0 Å². The van der Waals surface area contributed by atoms with Gasteiger partial charge in [-0.05, 0) is 46.5 Å². The highest BCUT2D eigenvalue weighted by Gasteiger charge is 2.15. The van der Waals surface area contributed by atoms with E-state index in [2.05, 4.69) is 118 Å². The molecule has 1 heterocycles. The Balaban J connectivity index is 1.85. The van der Waals surface area contributed by atoms with Crippen LogP contribution < -0.4 is 0 Å². The summed E-state index contributed by atoms with van der Waals surface area (Å²) in [4.78, 5) is 0. The van der Waals surface area contributed by atoms with Gasteiger partial charge in [-0.1, -0.05) is 82.7 Å². The molecule has 1 aromatic heterocycles. The summed E-state index contributed by atoms with van der Waals surface area (Å²) >= 11 is 3.72. The van der Waals surface area contributed by atoms with Gasteiger partial charge in [0, 0.05) is 20.6 Å². The number of hydrogen-bond donors (Lipinski definition) is 0. The van der Waals surface area contributed by atoms with Gasteiger partial charge in [-0.15, -0.1) is 0 Å². The molecule has 0 spiro atoms. The molecule has 0 aliphatic carbocycles. The lowest BCUT2D eigenvalue weighted by Crippen LogP contribution is -1.95. The predicted molar refractivity (Wildman–Crippen MR) is 123 cm³/mol. The van der Waals surface area contributed by atoms with E-state index in [4.69, 9.17) is 0 Å². The van der Waals surface area contributed by atoms with Crippen LogP contribution in [0.4, 0.5) is 0 Å². The Morgan fingerprint density at radius 1 is 0.500 bits per heavy atom. The maximum atomic E-state index is 3.72. The first-order valence-electron chi connectivity index (χ1n) is 9.41. The second-order valence-corrected chi connectivity index (χ2v) is 8.04. The maximum absolute atomic E-state index is 3.72. The summed E-state index contributed by atoms with van der Waals surface area (Å²) in [6, 6.07) is 34.9. The lowest BCUT2D eigenvalue weighted by Gasteiger charge is -2.13. The van der Waals surface area contributed by atoms with Crippen molar-refractivity contribution in [2.45, 2.75) is 0 Å². The zero-order valence-corrected chi connectivity index (χ0v) is 16.6. The summed E-state index contributed by atoms with van der Waals surface area (Å²) in [5, 5.41) is 7.59. The SMILES string of the molecule is Brc1ccc(-n2c3ccccc3c3cc4ccccc4cc32)c2ccccc12. The molecule has 6 aromatic rings. The summed E-state index contributed by atoms with van der Waals surface area (Å²) in [6.45, 7) is 0. The Morgan fingerprint density at radius 2 is 1.14 bits per heavy atom. The zero-order valence-electron chi connectivity index (χ0n) is 15.1. The Labute approximate surface area is 171 Å². The van der Waals surface area contributed by atoms with Crippen molar-refractivity contribution in [3.05, 3.63) is 102 Å². The number of halogens is 1. The Bertz CT molecular complexity index is 1520. The van der Waals surface area contributed by atoms with Crippen LogP contribution in [0.5, 0.6) is 0 Å². The third kappa shape index (κ3) is 2.18. The fourth-order valence-electron chi connectivity index (χ4n) is 4.36. The number of hydrogen-bond acceptors (Lipinski definition) is 0. The van der Waals surface area contributed by atoms with Gasteiger partial charge in [0.25, 0.3) is 0 Å². The van der Waals surface area contributed by atoms with Crippen LogP contribution in [0, 0.1) is 0 Å². The number of benzene rings is 5. The molecule has 0 bridgehead atoms. The highest BCUT2D eigenvalue weighted by atomic mass is 79.9. The van der Waals surface area contributed by atoms with E-state index < -0.39 is 0 Å². The van der Waals surface area contributed by atoms with Gasteiger partial charge in [-0.2, -0.15) is 0 Å². The summed E-state index contributed by atoms with van der Waals surface area (Å²) in [6.07, 6.45) is 0. The molecule has 5 aromatic carbocycles. The molecule has 0 atom stereocenters. The van der Waals surface area contributed by atoms with Gasteiger partial charge in [0.1, 0.15) is 0 Å². The van der Waals surface area contributed by atoms with Crippen molar-refractivity contribution in [1.82, 2.24) is 4.57 Å². The van der Waals surface area contributed by atoms with Crippen LogP contribution >= 0.6 is 15.9 Å². The average molecular weight is 422 g/mol. The van der Waals surface area contributed by atoms with Gasteiger partial charge >= 0.3 is 0 Å². The lowest BCUT2D eigenvalue weighted by atomic mass is 10.1. The normalized spacial score (nSPS) is 11.8. The second-order valence-electron chi connectivity index (χ2n) is 7.18. The van der Waals surface area contributed by atoms with E-state index in [0.29, 0.717) is 0 Å². The molecule has 0 aliphatic heterocycles. The number of nitrogens with zero attached hydrogens (tertiary/aromatic N) is 1. The van der Waals surface area contributed by atoms with E-state index in [9.17, 15) is 0 Å².